The molecule has 0 aromatic heterocycles. The molecule has 1 saturated heterocycles. The topological polar surface area (TPSA) is 47.9 Å². The van der Waals surface area contributed by atoms with Gasteiger partial charge in [0, 0.05) is 24.1 Å². The summed E-state index contributed by atoms with van der Waals surface area (Å²) in [7, 11) is 1.30. The van der Waals surface area contributed by atoms with Crippen LogP contribution in [0.4, 0.5) is 0 Å². The predicted octanol–water partition coefficient (Wildman–Crippen LogP) is 2.09. The van der Waals surface area contributed by atoms with Gasteiger partial charge >= 0.3 is 7.12 Å². The Balaban J connectivity index is 1.82. The van der Waals surface area contributed by atoms with Gasteiger partial charge in [-0.05, 0) is 36.8 Å². The molecule has 3 rings (SSSR count). The lowest BCUT2D eigenvalue weighted by Crippen LogP contribution is -2.47. The van der Waals surface area contributed by atoms with Gasteiger partial charge in [-0.1, -0.05) is 26.0 Å². The molecule has 120 valence electrons. The van der Waals surface area contributed by atoms with E-state index in [0.717, 1.165) is 30.5 Å². The molecular formula is C17H25BO4. The van der Waals surface area contributed by atoms with Crippen LogP contribution in [-0.4, -0.2) is 38.7 Å². The van der Waals surface area contributed by atoms with Crippen molar-refractivity contribution in [2.75, 3.05) is 20.3 Å². The van der Waals surface area contributed by atoms with Gasteiger partial charge in [-0.2, -0.15) is 0 Å². The second kappa shape index (κ2) is 6.22. The van der Waals surface area contributed by atoms with Crippen LogP contribution in [0.3, 0.4) is 0 Å². The van der Waals surface area contributed by atoms with E-state index < -0.39 is 0 Å². The van der Waals surface area contributed by atoms with E-state index in [4.69, 9.17) is 14.0 Å². The minimum atomic E-state index is -0.366. The van der Waals surface area contributed by atoms with Gasteiger partial charge in [0.05, 0.1) is 13.2 Å². The summed E-state index contributed by atoms with van der Waals surface area (Å²) in [5.41, 5.74) is 2.25. The van der Waals surface area contributed by atoms with Crippen molar-refractivity contribution in [3.63, 3.8) is 0 Å². The van der Waals surface area contributed by atoms with Crippen molar-refractivity contribution in [1.82, 2.24) is 0 Å². The Morgan fingerprint density at radius 3 is 2.55 bits per heavy atom. The summed E-state index contributed by atoms with van der Waals surface area (Å²) in [5.74, 6) is 1.21. The Kier molecular flexibility index (Phi) is 4.48. The molecule has 0 bridgehead atoms. The average molecular weight is 304 g/mol. The Hall–Kier alpha value is -1.04. The van der Waals surface area contributed by atoms with Crippen LogP contribution in [0, 0.1) is 5.41 Å². The first-order valence-corrected chi connectivity index (χ1v) is 8.07. The standard InChI is InChI=1S/C17H25BO4/c1-17(2)10-21-18(22-11-17)15-9-13(5-7-16(15)20-3)12-4-6-14(19)8-12/h5,7,9,12,14,19H,4,6,8,10-11H2,1-3H3. The molecule has 1 N–H and O–H groups in total. The number of aliphatic hydroxyl groups is 1. The molecular weight excluding hydrogens is 279 g/mol. The van der Waals surface area contributed by atoms with E-state index in [2.05, 4.69) is 26.0 Å². The number of benzene rings is 1. The number of methoxy groups -OCH3 is 1. The zero-order valence-electron chi connectivity index (χ0n) is 13.7. The van der Waals surface area contributed by atoms with Crippen molar-refractivity contribution in [3.8, 4) is 5.75 Å². The second-order valence-corrected chi connectivity index (χ2v) is 7.28. The highest BCUT2D eigenvalue weighted by atomic mass is 16.6. The van der Waals surface area contributed by atoms with E-state index in [1.165, 1.54) is 5.56 Å². The first-order chi connectivity index (χ1) is 10.5. The molecule has 1 aliphatic heterocycles. The second-order valence-electron chi connectivity index (χ2n) is 7.28. The van der Waals surface area contributed by atoms with E-state index in [0.29, 0.717) is 19.1 Å². The van der Waals surface area contributed by atoms with Crippen LogP contribution in [0.15, 0.2) is 18.2 Å². The quantitative estimate of drug-likeness (QED) is 0.869. The smallest absolute Gasteiger partial charge is 0.497 e. The molecule has 1 heterocycles. The summed E-state index contributed by atoms with van der Waals surface area (Å²) in [4.78, 5) is 0. The SMILES string of the molecule is COc1ccc(C2CCC(O)C2)cc1B1OCC(C)(C)CO1. The monoisotopic (exact) mass is 304 g/mol. The van der Waals surface area contributed by atoms with Crippen LogP contribution in [0.5, 0.6) is 5.75 Å². The van der Waals surface area contributed by atoms with E-state index in [-0.39, 0.29) is 18.6 Å². The third-order valence-corrected chi connectivity index (χ3v) is 4.63. The third-order valence-electron chi connectivity index (χ3n) is 4.63. The molecule has 1 aromatic carbocycles. The first-order valence-electron chi connectivity index (χ1n) is 8.07. The Bertz CT molecular complexity index is 521. The van der Waals surface area contributed by atoms with Gasteiger partial charge in [-0.15, -0.1) is 0 Å². The first kappa shape index (κ1) is 15.8. The molecule has 1 aromatic rings. The summed E-state index contributed by atoms with van der Waals surface area (Å²) in [6, 6.07) is 6.21. The van der Waals surface area contributed by atoms with Crippen molar-refractivity contribution < 1.29 is 19.2 Å². The Morgan fingerprint density at radius 2 is 1.95 bits per heavy atom. The van der Waals surface area contributed by atoms with Crippen LogP contribution >= 0.6 is 0 Å². The normalized spacial score (nSPS) is 27.9. The van der Waals surface area contributed by atoms with Crippen molar-refractivity contribution in [1.29, 1.82) is 0 Å². The van der Waals surface area contributed by atoms with Crippen molar-refractivity contribution in [3.05, 3.63) is 23.8 Å². The lowest BCUT2D eigenvalue weighted by molar-refractivity contribution is 0.0341. The molecule has 2 atom stereocenters. The zero-order valence-corrected chi connectivity index (χ0v) is 13.7. The highest BCUT2D eigenvalue weighted by Crippen LogP contribution is 2.35. The van der Waals surface area contributed by atoms with Crippen LogP contribution in [0.2, 0.25) is 0 Å². The van der Waals surface area contributed by atoms with Gasteiger partial charge in [0.1, 0.15) is 5.75 Å². The summed E-state index contributed by atoms with van der Waals surface area (Å²) < 4.78 is 17.3. The molecule has 0 amide bonds. The molecule has 0 spiro atoms. The van der Waals surface area contributed by atoms with Gasteiger partial charge in [0.15, 0.2) is 0 Å². The fourth-order valence-corrected chi connectivity index (χ4v) is 3.32. The largest absolute Gasteiger partial charge is 0.497 e. The van der Waals surface area contributed by atoms with Crippen molar-refractivity contribution in [2.45, 2.75) is 45.1 Å². The average Bonchev–Trinajstić information content (AvgIpc) is 2.93. The molecule has 2 unspecified atom stereocenters. The number of hydrogen-bond acceptors (Lipinski definition) is 4. The van der Waals surface area contributed by atoms with Crippen molar-refractivity contribution >= 4 is 12.6 Å². The van der Waals surface area contributed by atoms with Crippen LogP contribution in [0.1, 0.15) is 44.6 Å². The molecule has 2 fully saturated rings. The summed E-state index contributed by atoms with van der Waals surface area (Å²) >= 11 is 0. The van der Waals surface area contributed by atoms with Crippen molar-refractivity contribution in [2.24, 2.45) is 5.41 Å². The molecule has 22 heavy (non-hydrogen) atoms. The highest BCUT2D eigenvalue weighted by molar-refractivity contribution is 6.62. The highest BCUT2D eigenvalue weighted by Gasteiger charge is 2.36. The molecule has 4 nitrogen and oxygen atoms in total. The minimum absolute atomic E-state index is 0.0525. The minimum Gasteiger partial charge on any atom is -0.497 e. The fourth-order valence-electron chi connectivity index (χ4n) is 3.32. The molecule has 1 saturated carbocycles. The third kappa shape index (κ3) is 3.32. The molecule has 1 aliphatic carbocycles. The summed E-state index contributed by atoms with van der Waals surface area (Å²) in [5, 5.41) is 9.76. The lowest BCUT2D eigenvalue weighted by atomic mass is 9.74. The maximum absolute atomic E-state index is 9.76. The molecule has 2 aliphatic rings. The van der Waals surface area contributed by atoms with Crippen LogP contribution in [-0.2, 0) is 9.31 Å². The van der Waals surface area contributed by atoms with Gasteiger partial charge in [0.25, 0.3) is 0 Å². The van der Waals surface area contributed by atoms with Gasteiger partial charge in [-0.3, -0.25) is 0 Å². The number of aliphatic hydroxyl groups excluding tert-OH is 1. The van der Waals surface area contributed by atoms with E-state index >= 15 is 0 Å². The summed E-state index contributed by atoms with van der Waals surface area (Å²) in [6.07, 6.45) is 2.59. The Labute approximate surface area is 132 Å². The predicted molar refractivity (Wildman–Crippen MR) is 86.7 cm³/mol. The lowest BCUT2D eigenvalue weighted by Gasteiger charge is -2.33. The van der Waals surface area contributed by atoms with E-state index in [1.54, 1.807) is 7.11 Å². The van der Waals surface area contributed by atoms with Gasteiger partial charge < -0.3 is 19.2 Å². The Morgan fingerprint density at radius 1 is 1.23 bits per heavy atom. The number of ether oxygens (including phenoxy) is 1. The fraction of sp³-hybridized carbons (Fsp3) is 0.647. The van der Waals surface area contributed by atoms with Gasteiger partial charge in [0.2, 0.25) is 0 Å². The maximum atomic E-state index is 9.76. The van der Waals surface area contributed by atoms with E-state index in [9.17, 15) is 5.11 Å². The zero-order chi connectivity index (χ0) is 15.7. The number of rotatable bonds is 3. The van der Waals surface area contributed by atoms with E-state index in [1.807, 2.05) is 6.07 Å². The molecule has 0 radical (unpaired) electrons. The summed E-state index contributed by atoms with van der Waals surface area (Å²) in [6.45, 7) is 5.62. The maximum Gasteiger partial charge on any atom is 0.497 e. The molecule has 5 heteroatoms. The van der Waals surface area contributed by atoms with Crippen LogP contribution in [0.25, 0.3) is 0 Å². The number of hydrogen-bond donors (Lipinski definition) is 1. The van der Waals surface area contributed by atoms with Gasteiger partial charge in [-0.25, -0.2) is 0 Å². The van der Waals surface area contributed by atoms with Crippen LogP contribution < -0.4 is 10.2 Å².